The van der Waals surface area contributed by atoms with Gasteiger partial charge in [-0.15, -0.1) is 11.3 Å². The first-order chi connectivity index (χ1) is 10.5. The Morgan fingerprint density at radius 1 is 1.41 bits per heavy atom. The van der Waals surface area contributed by atoms with Gasteiger partial charge >= 0.3 is 0 Å². The highest BCUT2D eigenvalue weighted by Gasteiger charge is 2.28. The van der Waals surface area contributed by atoms with Crippen LogP contribution in [0.3, 0.4) is 0 Å². The van der Waals surface area contributed by atoms with Gasteiger partial charge in [0.1, 0.15) is 5.82 Å². The maximum atomic E-state index is 12.8. The highest BCUT2D eigenvalue weighted by atomic mass is 32.1. The van der Waals surface area contributed by atoms with E-state index in [1.165, 1.54) is 25.4 Å². The summed E-state index contributed by atoms with van der Waals surface area (Å²) in [5, 5.41) is 11.9. The molecule has 0 unspecified atom stereocenters. The molecule has 2 aromatic rings. The second kappa shape index (κ2) is 6.91. The fourth-order valence-corrected chi connectivity index (χ4v) is 2.73. The van der Waals surface area contributed by atoms with Crippen LogP contribution in [-0.4, -0.2) is 23.7 Å². The van der Waals surface area contributed by atoms with Gasteiger partial charge in [-0.05, 0) is 17.7 Å². The predicted octanol–water partition coefficient (Wildman–Crippen LogP) is 1.94. The fraction of sp³-hybridized carbons (Fsp3) is 0.200. The van der Waals surface area contributed by atoms with Crippen molar-refractivity contribution in [2.24, 2.45) is 5.92 Å². The number of aromatic nitrogens is 1. The highest BCUT2D eigenvalue weighted by molar-refractivity contribution is 7.13. The van der Waals surface area contributed by atoms with Crippen LogP contribution in [0.25, 0.3) is 0 Å². The molecule has 0 fully saturated rings. The summed E-state index contributed by atoms with van der Waals surface area (Å²) in [4.78, 5) is 28.0. The second-order valence-corrected chi connectivity index (χ2v) is 5.58. The van der Waals surface area contributed by atoms with Gasteiger partial charge in [0.05, 0.1) is 16.0 Å². The summed E-state index contributed by atoms with van der Waals surface area (Å²) in [7, 11) is 1.37. The topological polar surface area (TPSA) is 82.9 Å². The number of rotatable bonds is 5. The van der Waals surface area contributed by atoms with Crippen LogP contribution in [0, 0.1) is 23.1 Å². The molecule has 22 heavy (non-hydrogen) atoms. The number of ketones is 1. The van der Waals surface area contributed by atoms with E-state index in [1.54, 1.807) is 18.2 Å². The van der Waals surface area contributed by atoms with Crippen LogP contribution in [-0.2, 0) is 11.2 Å². The number of halogens is 1. The van der Waals surface area contributed by atoms with Crippen molar-refractivity contribution < 1.29 is 14.0 Å². The molecule has 1 N–H and O–H groups in total. The number of hydrogen-bond donors (Lipinski definition) is 1. The number of nitrogens with zero attached hydrogens (tertiary/aromatic N) is 2. The molecule has 7 heteroatoms. The zero-order valence-corrected chi connectivity index (χ0v) is 12.5. The lowest BCUT2D eigenvalue weighted by Crippen LogP contribution is -2.31. The van der Waals surface area contributed by atoms with E-state index in [0.717, 1.165) is 16.9 Å². The number of benzene rings is 1. The third-order valence-corrected chi connectivity index (χ3v) is 3.98. The van der Waals surface area contributed by atoms with Gasteiger partial charge in [0.15, 0.2) is 5.92 Å². The van der Waals surface area contributed by atoms with Crippen molar-refractivity contribution in [3.63, 3.8) is 0 Å². The van der Waals surface area contributed by atoms with E-state index in [9.17, 15) is 14.0 Å². The Kier molecular flexibility index (Phi) is 4.96. The van der Waals surface area contributed by atoms with E-state index in [4.69, 9.17) is 5.26 Å². The quantitative estimate of drug-likeness (QED) is 0.675. The van der Waals surface area contributed by atoms with Crippen LogP contribution in [0.1, 0.15) is 20.2 Å². The number of Topliss-reactive ketones (excluding diaryl/α,β-unsaturated/α-hetero) is 1. The molecule has 0 spiro atoms. The number of carbonyl (C=O) groups is 2. The van der Waals surface area contributed by atoms with Crippen LogP contribution >= 0.6 is 11.3 Å². The molecule has 0 saturated carbocycles. The van der Waals surface area contributed by atoms with Crippen LogP contribution in [0.15, 0.2) is 30.5 Å². The smallest absolute Gasteiger partial charge is 0.245 e. The molecule has 5 nitrogen and oxygen atoms in total. The molecule has 2 rings (SSSR count). The summed E-state index contributed by atoms with van der Waals surface area (Å²) in [5.74, 6) is -2.89. The lowest BCUT2D eigenvalue weighted by Gasteiger charge is -2.03. The first-order valence-electron chi connectivity index (χ1n) is 6.39. The van der Waals surface area contributed by atoms with E-state index in [-0.39, 0.29) is 10.7 Å². The fourth-order valence-electron chi connectivity index (χ4n) is 1.81. The Morgan fingerprint density at radius 2 is 2.09 bits per heavy atom. The molecule has 0 aliphatic heterocycles. The Morgan fingerprint density at radius 3 is 2.68 bits per heavy atom. The van der Waals surface area contributed by atoms with E-state index < -0.39 is 17.6 Å². The maximum Gasteiger partial charge on any atom is 0.245 e. The zero-order chi connectivity index (χ0) is 16.1. The largest absolute Gasteiger partial charge is 0.358 e. The molecule has 1 heterocycles. The summed E-state index contributed by atoms with van der Waals surface area (Å²) in [6.07, 6.45) is 1.81. The SMILES string of the molecule is CNC(=O)[C@H](C#N)C(=O)c1cnc(Cc2ccc(F)cc2)s1. The van der Waals surface area contributed by atoms with E-state index in [2.05, 4.69) is 10.3 Å². The van der Waals surface area contributed by atoms with Crippen molar-refractivity contribution in [1.29, 1.82) is 5.26 Å². The van der Waals surface area contributed by atoms with Gasteiger partial charge in [-0.2, -0.15) is 5.26 Å². The minimum Gasteiger partial charge on any atom is -0.358 e. The van der Waals surface area contributed by atoms with E-state index >= 15 is 0 Å². The van der Waals surface area contributed by atoms with Gasteiger partial charge in [0.25, 0.3) is 0 Å². The van der Waals surface area contributed by atoms with Crippen molar-refractivity contribution in [2.75, 3.05) is 7.05 Å². The average Bonchev–Trinajstić information content (AvgIpc) is 2.98. The van der Waals surface area contributed by atoms with Crippen molar-refractivity contribution in [1.82, 2.24) is 10.3 Å². The Hall–Kier alpha value is -2.59. The molecule has 0 radical (unpaired) electrons. The molecule has 1 aromatic heterocycles. The van der Waals surface area contributed by atoms with Gasteiger partial charge in [-0.1, -0.05) is 12.1 Å². The van der Waals surface area contributed by atoms with Gasteiger partial charge in [-0.25, -0.2) is 9.37 Å². The molecule has 0 saturated heterocycles. The summed E-state index contributed by atoms with van der Waals surface area (Å²) in [5.41, 5.74) is 0.859. The normalized spacial score (nSPS) is 11.5. The molecule has 0 bridgehead atoms. The number of nitriles is 1. The van der Waals surface area contributed by atoms with E-state index in [0.29, 0.717) is 11.4 Å². The first-order valence-corrected chi connectivity index (χ1v) is 7.21. The molecule has 0 aliphatic rings. The lowest BCUT2D eigenvalue weighted by molar-refractivity contribution is -0.121. The third-order valence-electron chi connectivity index (χ3n) is 2.96. The van der Waals surface area contributed by atoms with Crippen LogP contribution in [0.5, 0.6) is 0 Å². The Balaban J connectivity index is 2.14. The second-order valence-electron chi connectivity index (χ2n) is 4.46. The predicted molar refractivity (Wildman–Crippen MR) is 78.8 cm³/mol. The van der Waals surface area contributed by atoms with Crippen LogP contribution < -0.4 is 5.32 Å². The van der Waals surface area contributed by atoms with Crippen molar-refractivity contribution in [3.05, 3.63) is 51.7 Å². The van der Waals surface area contributed by atoms with Gasteiger partial charge in [0, 0.05) is 19.7 Å². The first kappa shape index (κ1) is 15.8. The monoisotopic (exact) mass is 317 g/mol. The number of amides is 1. The minimum atomic E-state index is -1.37. The van der Waals surface area contributed by atoms with Gasteiger partial charge in [-0.3, -0.25) is 9.59 Å². The number of carbonyl (C=O) groups excluding carboxylic acids is 2. The number of nitrogens with one attached hydrogen (secondary N) is 1. The Bertz CT molecular complexity index is 734. The zero-order valence-electron chi connectivity index (χ0n) is 11.7. The van der Waals surface area contributed by atoms with Crippen LogP contribution in [0.4, 0.5) is 4.39 Å². The molecular weight excluding hydrogens is 305 g/mol. The summed E-state index contributed by atoms with van der Waals surface area (Å²) >= 11 is 1.13. The van der Waals surface area contributed by atoms with Crippen molar-refractivity contribution in [2.45, 2.75) is 6.42 Å². The summed E-state index contributed by atoms with van der Waals surface area (Å²) in [6.45, 7) is 0. The number of thiazole rings is 1. The van der Waals surface area contributed by atoms with Gasteiger partial charge < -0.3 is 5.32 Å². The number of hydrogen-bond acceptors (Lipinski definition) is 5. The van der Waals surface area contributed by atoms with Crippen molar-refractivity contribution >= 4 is 23.0 Å². The third kappa shape index (κ3) is 3.54. The van der Waals surface area contributed by atoms with Crippen LogP contribution in [0.2, 0.25) is 0 Å². The molecule has 1 amide bonds. The standard InChI is InChI=1S/C15H12FN3O2S/c1-18-15(21)11(7-17)14(20)12-8-19-13(22-12)6-9-2-4-10(16)5-3-9/h2-5,8,11H,6H2,1H3,(H,18,21)/t11-/m1/s1. The van der Waals surface area contributed by atoms with Crippen molar-refractivity contribution in [3.8, 4) is 6.07 Å². The average molecular weight is 317 g/mol. The summed E-state index contributed by atoms with van der Waals surface area (Å²) in [6, 6.07) is 7.68. The Labute approximate surface area is 130 Å². The maximum absolute atomic E-state index is 12.8. The van der Waals surface area contributed by atoms with Gasteiger partial charge in [0.2, 0.25) is 11.7 Å². The lowest BCUT2D eigenvalue weighted by atomic mass is 10.0. The molecular formula is C15H12FN3O2S. The van der Waals surface area contributed by atoms with E-state index in [1.807, 2.05) is 0 Å². The molecule has 1 atom stereocenters. The molecule has 112 valence electrons. The highest BCUT2D eigenvalue weighted by Crippen LogP contribution is 2.20. The molecule has 0 aliphatic carbocycles. The minimum absolute atomic E-state index is 0.257. The molecule has 1 aromatic carbocycles. The summed E-state index contributed by atoms with van der Waals surface area (Å²) < 4.78 is 12.8.